The Balaban J connectivity index is 1.94. The molecule has 4 rings (SSSR count). The topological polar surface area (TPSA) is 87.7 Å². The van der Waals surface area contributed by atoms with Gasteiger partial charge in [-0.3, -0.25) is 9.59 Å². The van der Waals surface area contributed by atoms with Crippen molar-refractivity contribution in [2.45, 2.75) is 92.4 Å². The number of aromatic amines is 1. The van der Waals surface area contributed by atoms with Gasteiger partial charge in [0.1, 0.15) is 5.15 Å². The number of nitrogens with one attached hydrogen (secondary N) is 2. The second-order valence-electron chi connectivity index (χ2n) is 11.5. The van der Waals surface area contributed by atoms with Crippen molar-refractivity contribution in [3.63, 3.8) is 0 Å². The molecule has 2 N–H and O–H groups in total. The number of carbonyl (C=O) groups excluding carboxylic acids is 2. The predicted molar refractivity (Wildman–Crippen MR) is 159 cm³/mol. The number of nitrogens with zero attached hydrogens (tertiary/aromatic N) is 2. The number of fused-ring (bicyclic) bond motifs is 3. The van der Waals surface area contributed by atoms with Crippen molar-refractivity contribution in [3.8, 4) is 11.3 Å². The van der Waals surface area contributed by atoms with Crippen LogP contribution >= 0.6 is 11.6 Å². The Morgan fingerprint density at radius 1 is 1.12 bits per heavy atom. The second-order valence-corrected chi connectivity index (χ2v) is 11.9. The normalized spacial score (nSPS) is 13.7. The van der Waals surface area contributed by atoms with E-state index in [1.165, 1.54) is 19.2 Å². The van der Waals surface area contributed by atoms with Crippen molar-refractivity contribution in [1.82, 2.24) is 15.0 Å². The Morgan fingerprint density at radius 2 is 1.82 bits per heavy atom. The molecule has 40 heavy (non-hydrogen) atoms. The van der Waals surface area contributed by atoms with Gasteiger partial charge in [0, 0.05) is 40.5 Å². The number of anilines is 2. The van der Waals surface area contributed by atoms with Crippen LogP contribution in [0.25, 0.3) is 11.3 Å². The molecular weight excluding hydrogens is 527 g/mol. The summed E-state index contributed by atoms with van der Waals surface area (Å²) in [6, 6.07) is 1.49. The van der Waals surface area contributed by atoms with Crippen molar-refractivity contribution in [3.05, 3.63) is 57.4 Å². The number of aryl methyl sites for hydroxylation is 1. The van der Waals surface area contributed by atoms with Gasteiger partial charge in [-0.05, 0) is 68.6 Å². The van der Waals surface area contributed by atoms with Crippen molar-refractivity contribution in [2.24, 2.45) is 11.8 Å². The van der Waals surface area contributed by atoms with E-state index in [0.29, 0.717) is 35.7 Å². The van der Waals surface area contributed by atoms with Crippen molar-refractivity contribution in [2.75, 3.05) is 5.32 Å². The maximum Gasteiger partial charge on any atom is 0.175 e. The smallest absolute Gasteiger partial charge is 0.175 e. The molecule has 0 saturated heterocycles. The van der Waals surface area contributed by atoms with Gasteiger partial charge in [-0.25, -0.2) is 14.4 Å². The standard InChI is InChI=1S/C32H40ClFN4O2/c1-8-18(6)29(40)26-21-12-11-20-15-36-31(37-23-13-24(33)35-16-22(23)19(7)39)27(34)25(20)28(21)38-30(26)32(9-2,10-3)14-17(4)5/h13,15-18,38H,8-12,14H2,1-7H3,(H,35,36,37). The number of aromatic nitrogens is 3. The molecule has 6 nitrogen and oxygen atoms in total. The van der Waals surface area contributed by atoms with E-state index in [-0.39, 0.29) is 39.4 Å². The molecule has 0 aliphatic heterocycles. The van der Waals surface area contributed by atoms with Gasteiger partial charge in [0.05, 0.1) is 16.9 Å². The third-order valence-corrected chi connectivity index (χ3v) is 8.79. The Bertz CT molecular complexity index is 1440. The molecule has 1 atom stereocenters. The molecule has 1 unspecified atom stereocenters. The summed E-state index contributed by atoms with van der Waals surface area (Å²) in [4.78, 5) is 38.1. The number of hydrogen-bond donors (Lipinski definition) is 2. The maximum atomic E-state index is 16.4. The minimum Gasteiger partial charge on any atom is -0.357 e. The van der Waals surface area contributed by atoms with Crippen LogP contribution in [-0.2, 0) is 18.3 Å². The Hall–Kier alpha value is -3.06. The number of halogens is 2. The van der Waals surface area contributed by atoms with E-state index in [2.05, 4.69) is 48.0 Å². The molecule has 0 radical (unpaired) electrons. The summed E-state index contributed by atoms with van der Waals surface area (Å²) in [6.07, 6.45) is 7.68. The fourth-order valence-electron chi connectivity index (χ4n) is 6.15. The van der Waals surface area contributed by atoms with Crippen molar-refractivity contribution in [1.29, 1.82) is 0 Å². The lowest BCUT2D eigenvalue weighted by atomic mass is 9.70. The van der Waals surface area contributed by atoms with E-state index in [4.69, 9.17) is 11.6 Å². The zero-order valence-electron chi connectivity index (χ0n) is 24.6. The molecule has 3 heterocycles. The first kappa shape index (κ1) is 29.9. The number of ketones is 2. The highest BCUT2D eigenvalue weighted by Gasteiger charge is 2.40. The molecule has 1 aliphatic carbocycles. The molecule has 1 aliphatic rings. The molecule has 0 amide bonds. The second kappa shape index (κ2) is 11.8. The van der Waals surface area contributed by atoms with E-state index < -0.39 is 5.82 Å². The summed E-state index contributed by atoms with van der Waals surface area (Å²) < 4.78 is 16.4. The summed E-state index contributed by atoms with van der Waals surface area (Å²) >= 11 is 6.09. The van der Waals surface area contributed by atoms with Gasteiger partial charge in [0.15, 0.2) is 23.2 Å². The van der Waals surface area contributed by atoms with Gasteiger partial charge in [-0.2, -0.15) is 0 Å². The lowest BCUT2D eigenvalue weighted by molar-refractivity contribution is 0.0922. The minimum atomic E-state index is -0.529. The van der Waals surface area contributed by atoms with Crippen LogP contribution < -0.4 is 5.32 Å². The summed E-state index contributed by atoms with van der Waals surface area (Å²) in [5.41, 5.74) is 4.88. The van der Waals surface area contributed by atoms with Crippen LogP contribution in [0, 0.1) is 17.7 Å². The fourth-order valence-corrected chi connectivity index (χ4v) is 6.31. The lowest BCUT2D eigenvalue weighted by Crippen LogP contribution is -2.30. The van der Waals surface area contributed by atoms with Crippen molar-refractivity contribution < 1.29 is 14.0 Å². The van der Waals surface area contributed by atoms with Crippen LogP contribution in [0.3, 0.4) is 0 Å². The Labute approximate surface area is 241 Å². The number of Topliss-reactive ketones (excluding diaryl/α,β-unsaturated/α-hetero) is 2. The third kappa shape index (κ3) is 5.32. The quantitative estimate of drug-likeness (QED) is 0.179. The summed E-state index contributed by atoms with van der Waals surface area (Å²) in [5, 5.41) is 3.16. The van der Waals surface area contributed by atoms with Crippen LogP contribution in [-0.4, -0.2) is 26.5 Å². The third-order valence-electron chi connectivity index (χ3n) is 8.59. The molecule has 0 fully saturated rings. The van der Waals surface area contributed by atoms with Gasteiger partial charge in [-0.1, -0.05) is 53.1 Å². The number of rotatable bonds is 11. The monoisotopic (exact) mass is 566 g/mol. The van der Waals surface area contributed by atoms with Gasteiger partial charge in [0.25, 0.3) is 0 Å². The summed E-state index contributed by atoms with van der Waals surface area (Å²) in [7, 11) is 0. The Morgan fingerprint density at radius 3 is 2.42 bits per heavy atom. The van der Waals surface area contributed by atoms with Gasteiger partial charge in [0.2, 0.25) is 0 Å². The number of pyridine rings is 2. The Kier molecular flexibility index (Phi) is 8.83. The van der Waals surface area contributed by atoms with Crippen LogP contribution in [0.5, 0.6) is 0 Å². The minimum absolute atomic E-state index is 0.0123. The van der Waals surface area contributed by atoms with E-state index in [1.807, 2.05) is 13.8 Å². The number of H-pyrrole nitrogens is 1. The molecule has 0 spiro atoms. The van der Waals surface area contributed by atoms with Gasteiger partial charge < -0.3 is 10.3 Å². The average Bonchev–Trinajstić information content (AvgIpc) is 3.32. The maximum absolute atomic E-state index is 16.4. The van der Waals surface area contributed by atoms with E-state index in [1.54, 1.807) is 6.20 Å². The zero-order chi connectivity index (χ0) is 29.4. The molecule has 0 saturated carbocycles. The molecule has 3 aromatic rings. The zero-order valence-corrected chi connectivity index (χ0v) is 25.4. The molecule has 0 bridgehead atoms. The first-order valence-corrected chi connectivity index (χ1v) is 14.8. The summed E-state index contributed by atoms with van der Waals surface area (Å²) in [6.45, 7) is 14.2. The highest BCUT2D eigenvalue weighted by atomic mass is 35.5. The lowest BCUT2D eigenvalue weighted by Gasteiger charge is -2.34. The molecule has 3 aromatic heterocycles. The van der Waals surface area contributed by atoms with E-state index in [0.717, 1.165) is 48.1 Å². The first-order valence-electron chi connectivity index (χ1n) is 14.4. The average molecular weight is 567 g/mol. The SMILES string of the molecule is CCC(C)C(=O)c1c(C(CC)(CC)CC(C)C)[nH]c2c1CCc1cnc(Nc3cc(Cl)ncc3C(C)=O)c(F)c1-2. The van der Waals surface area contributed by atoms with E-state index >= 15 is 4.39 Å². The van der Waals surface area contributed by atoms with Crippen LogP contribution in [0.2, 0.25) is 5.15 Å². The first-order chi connectivity index (χ1) is 19.0. The molecule has 8 heteroatoms. The van der Waals surface area contributed by atoms with Crippen LogP contribution in [0.4, 0.5) is 15.9 Å². The largest absolute Gasteiger partial charge is 0.357 e. The predicted octanol–water partition coefficient (Wildman–Crippen LogP) is 8.64. The number of carbonyl (C=O) groups is 2. The highest BCUT2D eigenvalue weighted by Crippen LogP contribution is 2.47. The number of hydrogen-bond acceptors (Lipinski definition) is 5. The van der Waals surface area contributed by atoms with Crippen molar-refractivity contribution >= 4 is 34.7 Å². The van der Waals surface area contributed by atoms with Gasteiger partial charge in [-0.15, -0.1) is 0 Å². The van der Waals surface area contributed by atoms with Crippen LogP contribution in [0.15, 0.2) is 18.5 Å². The molecular formula is C32H40ClFN4O2. The van der Waals surface area contributed by atoms with Crippen LogP contribution in [0.1, 0.15) is 112 Å². The van der Waals surface area contributed by atoms with E-state index in [9.17, 15) is 9.59 Å². The fraction of sp³-hybridized carbons (Fsp3) is 0.500. The van der Waals surface area contributed by atoms with Gasteiger partial charge >= 0.3 is 0 Å². The molecule has 214 valence electrons. The summed E-state index contributed by atoms with van der Waals surface area (Å²) in [5.74, 6) is -0.348. The highest BCUT2D eigenvalue weighted by molar-refractivity contribution is 6.29. The molecule has 0 aromatic carbocycles.